The molecule has 2 rings (SSSR count). The molecule has 0 saturated carbocycles. The van der Waals surface area contributed by atoms with Crippen LogP contribution >= 0.6 is 23.4 Å². The number of hydrogen-bond acceptors (Lipinski definition) is 6. The maximum absolute atomic E-state index is 6.06. The minimum Gasteiger partial charge on any atom is -0.464 e. The molecule has 0 amide bonds. The molecule has 0 fully saturated rings. The second kappa shape index (κ2) is 5.88. The molecule has 94 valence electrons. The molecule has 0 atom stereocenters. The Balaban J connectivity index is 2.26. The molecule has 7 heteroatoms. The largest absolute Gasteiger partial charge is 0.464 e. The number of nitrogens with zero attached hydrogens (tertiary/aromatic N) is 3. The highest BCUT2D eigenvalue weighted by Gasteiger charge is 2.08. The lowest BCUT2D eigenvalue weighted by atomic mass is 10.4. The van der Waals surface area contributed by atoms with Crippen molar-refractivity contribution in [2.75, 3.05) is 12.3 Å². The lowest BCUT2D eigenvalue weighted by molar-refractivity contribution is 0.308. The fourth-order valence-electron chi connectivity index (χ4n) is 1.22. The van der Waals surface area contributed by atoms with Gasteiger partial charge in [0, 0.05) is 4.90 Å². The topological polar surface area (TPSA) is 73.9 Å². The van der Waals surface area contributed by atoms with E-state index in [0.717, 1.165) is 4.90 Å². The molecule has 0 unspecified atom stereocenters. The van der Waals surface area contributed by atoms with Crippen molar-refractivity contribution in [2.45, 2.75) is 17.0 Å². The van der Waals surface area contributed by atoms with E-state index in [-0.39, 0.29) is 12.0 Å². The van der Waals surface area contributed by atoms with Crippen LogP contribution in [-0.4, -0.2) is 21.6 Å². The van der Waals surface area contributed by atoms with Gasteiger partial charge < -0.3 is 10.5 Å². The summed E-state index contributed by atoms with van der Waals surface area (Å²) < 4.78 is 5.21. The first-order chi connectivity index (χ1) is 8.69. The molecular weight excluding hydrogens is 272 g/mol. The Kier molecular flexibility index (Phi) is 4.22. The third-order valence-electron chi connectivity index (χ3n) is 1.92. The minimum atomic E-state index is 0.128. The zero-order chi connectivity index (χ0) is 13.0. The van der Waals surface area contributed by atoms with Crippen molar-refractivity contribution in [3.8, 4) is 6.01 Å². The summed E-state index contributed by atoms with van der Waals surface area (Å²) in [6.07, 6.45) is 0. The van der Waals surface area contributed by atoms with Gasteiger partial charge in [0.25, 0.3) is 0 Å². The van der Waals surface area contributed by atoms with Crippen LogP contribution in [-0.2, 0) is 0 Å². The van der Waals surface area contributed by atoms with E-state index < -0.39 is 0 Å². The average Bonchev–Trinajstić information content (AvgIpc) is 2.32. The van der Waals surface area contributed by atoms with Crippen LogP contribution in [0, 0.1) is 0 Å². The van der Waals surface area contributed by atoms with Crippen LogP contribution < -0.4 is 10.5 Å². The number of nitrogen functional groups attached to an aromatic ring is 1. The van der Waals surface area contributed by atoms with Crippen molar-refractivity contribution < 1.29 is 4.74 Å². The summed E-state index contributed by atoms with van der Waals surface area (Å²) in [5.74, 6) is 0.128. The molecule has 1 heterocycles. The van der Waals surface area contributed by atoms with Crippen molar-refractivity contribution in [3.05, 3.63) is 29.3 Å². The fourth-order valence-corrected chi connectivity index (χ4v) is 2.24. The second-order valence-corrected chi connectivity index (χ2v) is 4.64. The number of anilines is 1. The lowest BCUT2D eigenvalue weighted by Crippen LogP contribution is -2.04. The van der Waals surface area contributed by atoms with Crippen LogP contribution in [0.5, 0.6) is 6.01 Å². The number of rotatable bonds is 4. The van der Waals surface area contributed by atoms with Gasteiger partial charge in [0.1, 0.15) is 0 Å². The second-order valence-electron chi connectivity index (χ2n) is 3.22. The van der Waals surface area contributed by atoms with Crippen molar-refractivity contribution >= 4 is 29.3 Å². The summed E-state index contributed by atoms with van der Waals surface area (Å²) in [4.78, 5) is 12.9. The van der Waals surface area contributed by atoms with Crippen LogP contribution in [0.4, 0.5) is 5.95 Å². The monoisotopic (exact) mass is 282 g/mol. The molecule has 0 radical (unpaired) electrons. The van der Waals surface area contributed by atoms with Gasteiger partial charge in [-0.25, -0.2) is 0 Å². The molecule has 5 nitrogen and oxygen atoms in total. The van der Waals surface area contributed by atoms with Gasteiger partial charge in [-0.3, -0.25) is 0 Å². The quantitative estimate of drug-likeness (QED) is 0.929. The van der Waals surface area contributed by atoms with Gasteiger partial charge in [0.15, 0.2) is 0 Å². The Hall–Kier alpha value is -1.53. The van der Waals surface area contributed by atoms with Gasteiger partial charge in [0.05, 0.1) is 11.6 Å². The van der Waals surface area contributed by atoms with Crippen molar-refractivity contribution in [2.24, 2.45) is 0 Å². The van der Waals surface area contributed by atoms with E-state index >= 15 is 0 Å². The zero-order valence-corrected chi connectivity index (χ0v) is 11.2. The van der Waals surface area contributed by atoms with Gasteiger partial charge >= 0.3 is 6.01 Å². The average molecular weight is 283 g/mol. The molecule has 18 heavy (non-hydrogen) atoms. The van der Waals surface area contributed by atoms with E-state index in [9.17, 15) is 0 Å². The summed E-state index contributed by atoms with van der Waals surface area (Å²) in [7, 11) is 0. The van der Waals surface area contributed by atoms with E-state index in [4.69, 9.17) is 22.1 Å². The summed E-state index contributed by atoms with van der Waals surface area (Å²) in [5, 5.41) is 1.10. The van der Waals surface area contributed by atoms with Crippen LogP contribution in [0.15, 0.2) is 34.3 Å². The normalized spacial score (nSPS) is 10.3. The number of nitrogens with two attached hydrogens (primary N) is 1. The fraction of sp³-hybridized carbons (Fsp3) is 0.182. The Morgan fingerprint density at radius 2 is 2.06 bits per heavy atom. The highest BCUT2D eigenvalue weighted by Crippen LogP contribution is 2.31. The predicted octanol–water partition coefficient (Wildman–Crippen LogP) is 2.66. The van der Waals surface area contributed by atoms with Crippen LogP contribution in [0.2, 0.25) is 5.02 Å². The Morgan fingerprint density at radius 3 is 2.78 bits per heavy atom. The van der Waals surface area contributed by atoms with Gasteiger partial charge in [-0.15, -0.1) is 0 Å². The Morgan fingerprint density at radius 1 is 1.28 bits per heavy atom. The minimum absolute atomic E-state index is 0.128. The third-order valence-corrected chi connectivity index (χ3v) is 3.31. The van der Waals surface area contributed by atoms with Gasteiger partial charge in [-0.1, -0.05) is 23.7 Å². The van der Waals surface area contributed by atoms with Crippen molar-refractivity contribution in [1.29, 1.82) is 0 Å². The molecular formula is C11H11ClN4OS. The van der Waals surface area contributed by atoms with Crippen molar-refractivity contribution in [1.82, 2.24) is 15.0 Å². The summed E-state index contributed by atoms with van der Waals surface area (Å²) in [6.45, 7) is 2.32. The molecule has 0 saturated heterocycles. The number of ether oxygens (including phenoxy) is 1. The van der Waals surface area contributed by atoms with Gasteiger partial charge in [-0.05, 0) is 30.8 Å². The van der Waals surface area contributed by atoms with Crippen LogP contribution in [0.3, 0.4) is 0 Å². The van der Waals surface area contributed by atoms with Gasteiger partial charge in [0.2, 0.25) is 11.1 Å². The Bertz CT molecular complexity index is 552. The molecule has 2 N–H and O–H groups in total. The van der Waals surface area contributed by atoms with E-state index in [0.29, 0.717) is 16.8 Å². The maximum atomic E-state index is 6.06. The molecule has 1 aromatic heterocycles. The summed E-state index contributed by atoms with van der Waals surface area (Å²) in [6, 6.07) is 7.66. The molecule has 0 aliphatic rings. The first-order valence-corrected chi connectivity index (χ1v) is 6.45. The SMILES string of the molecule is CCOc1nc(N)nc(Sc2ccccc2Cl)n1. The molecule has 1 aromatic carbocycles. The molecule has 0 spiro atoms. The number of hydrogen-bond donors (Lipinski definition) is 1. The van der Waals surface area contributed by atoms with Crippen LogP contribution in [0.25, 0.3) is 0 Å². The highest BCUT2D eigenvalue weighted by atomic mass is 35.5. The molecule has 0 aliphatic carbocycles. The predicted molar refractivity (Wildman–Crippen MR) is 71.0 cm³/mol. The Labute approximate surface area is 114 Å². The molecule has 2 aromatic rings. The third kappa shape index (κ3) is 3.24. The summed E-state index contributed by atoms with van der Waals surface area (Å²) >= 11 is 7.37. The number of aromatic nitrogens is 3. The highest BCUT2D eigenvalue weighted by molar-refractivity contribution is 7.99. The summed E-state index contributed by atoms with van der Waals surface area (Å²) in [5.41, 5.74) is 5.59. The standard InChI is InChI=1S/C11H11ClN4OS/c1-2-17-10-14-9(13)15-11(16-10)18-8-6-4-3-5-7(8)12/h3-6H,2H2,1H3,(H2,13,14,15,16). The lowest BCUT2D eigenvalue weighted by Gasteiger charge is -2.05. The van der Waals surface area contributed by atoms with E-state index in [1.165, 1.54) is 11.8 Å². The zero-order valence-electron chi connectivity index (χ0n) is 9.63. The van der Waals surface area contributed by atoms with Gasteiger partial charge in [-0.2, -0.15) is 15.0 Å². The number of benzene rings is 1. The smallest absolute Gasteiger partial charge is 0.322 e. The van der Waals surface area contributed by atoms with Crippen LogP contribution in [0.1, 0.15) is 6.92 Å². The maximum Gasteiger partial charge on any atom is 0.322 e. The van der Waals surface area contributed by atoms with E-state index in [2.05, 4.69) is 15.0 Å². The van der Waals surface area contributed by atoms with E-state index in [1.807, 2.05) is 25.1 Å². The first kappa shape index (κ1) is 12.9. The van der Waals surface area contributed by atoms with E-state index in [1.54, 1.807) is 6.07 Å². The molecule has 0 aliphatic heterocycles. The van der Waals surface area contributed by atoms with Crippen molar-refractivity contribution in [3.63, 3.8) is 0 Å². The molecule has 0 bridgehead atoms. The number of halogens is 1. The first-order valence-electron chi connectivity index (χ1n) is 5.25.